The second kappa shape index (κ2) is 2.88. The molecule has 0 spiro atoms. The molecule has 0 saturated carbocycles. The second-order valence-corrected chi connectivity index (χ2v) is 4.66. The maximum atomic E-state index is 9.50. The van der Waals surface area contributed by atoms with Crippen molar-refractivity contribution < 1.29 is 9.11 Å². The zero-order valence-electron chi connectivity index (χ0n) is 6.36. The quantitative estimate of drug-likeness (QED) is 0.626. The van der Waals surface area contributed by atoms with Gasteiger partial charge in [-0.1, -0.05) is 22.4 Å². The van der Waals surface area contributed by atoms with Gasteiger partial charge in [0.15, 0.2) is 6.34 Å². The van der Waals surface area contributed by atoms with Crippen LogP contribution in [0.5, 0.6) is 0 Å². The number of nitrogens with zero attached hydrogens (tertiary/aromatic N) is 1. The molecule has 1 heterocycles. The van der Waals surface area contributed by atoms with Crippen LogP contribution < -0.4 is 4.72 Å². The van der Waals surface area contributed by atoms with Crippen LogP contribution in [0.3, 0.4) is 0 Å². The van der Waals surface area contributed by atoms with E-state index in [4.69, 9.17) is 11.6 Å². The highest BCUT2D eigenvalue weighted by atomic mass is 35.5. The average Bonchev–Trinajstić information content (AvgIpc) is 2.06. The SMILES string of the molecule is OS1(O)N[C]=Nc2ccc(Cl)cc21. The first-order valence-corrected chi connectivity index (χ1v) is 5.32. The van der Waals surface area contributed by atoms with Crippen molar-refractivity contribution in [3.63, 3.8) is 0 Å². The van der Waals surface area contributed by atoms with Gasteiger partial charge < -0.3 is 0 Å². The summed E-state index contributed by atoms with van der Waals surface area (Å²) in [6, 6.07) is 4.72. The lowest BCUT2D eigenvalue weighted by atomic mass is 10.3. The molecule has 0 amide bonds. The molecule has 3 N–H and O–H groups in total. The van der Waals surface area contributed by atoms with E-state index < -0.39 is 10.8 Å². The third kappa shape index (κ3) is 1.51. The van der Waals surface area contributed by atoms with E-state index in [0.29, 0.717) is 15.6 Å². The van der Waals surface area contributed by atoms with E-state index in [-0.39, 0.29) is 0 Å². The molecule has 0 fully saturated rings. The lowest BCUT2D eigenvalue weighted by Gasteiger charge is -2.34. The molecule has 0 saturated heterocycles. The van der Waals surface area contributed by atoms with Gasteiger partial charge in [-0.25, -0.2) is 4.99 Å². The molecule has 13 heavy (non-hydrogen) atoms. The van der Waals surface area contributed by atoms with Crippen molar-refractivity contribution in [2.75, 3.05) is 0 Å². The van der Waals surface area contributed by atoms with Crippen LogP contribution in [0, 0.1) is 0 Å². The van der Waals surface area contributed by atoms with Crippen LogP contribution in [-0.2, 0) is 0 Å². The number of aliphatic imine (C=N–C) groups is 1. The number of hydrogen-bond donors (Lipinski definition) is 3. The van der Waals surface area contributed by atoms with Gasteiger partial charge in [0.25, 0.3) is 0 Å². The highest BCUT2D eigenvalue weighted by molar-refractivity contribution is 8.23. The summed E-state index contributed by atoms with van der Waals surface area (Å²) >= 11 is 5.71. The molecule has 2 rings (SSSR count). The van der Waals surface area contributed by atoms with Gasteiger partial charge in [0, 0.05) is 5.02 Å². The topological polar surface area (TPSA) is 64.8 Å². The number of halogens is 1. The largest absolute Gasteiger partial charge is 0.278 e. The fourth-order valence-corrected chi connectivity index (χ4v) is 2.23. The van der Waals surface area contributed by atoms with Gasteiger partial charge >= 0.3 is 0 Å². The average molecular weight is 218 g/mol. The zero-order valence-corrected chi connectivity index (χ0v) is 7.93. The van der Waals surface area contributed by atoms with Crippen molar-refractivity contribution in [3.05, 3.63) is 23.2 Å². The molecule has 0 atom stereocenters. The number of rotatable bonds is 0. The highest BCUT2D eigenvalue weighted by Crippen LogP contribution is 2.50. The van der Waals surface area contributed by atoms with Crippen LogP contribution in [0.4, 0.5) is 5.69 Å². The van der Waals surface area contributed by atoms with Crippen LogP contribution >= 0.6 is 22.4 Å². The number of hydrogen-bond acceptors (Lipinski definition) is 4. The summed E-state index contributed by atoms with van der Waals surface area (Å²) in [5.41, 5.74) is 0.475. The van der Waals surface area contributed by atoms with Gasteiger partial charge in [-0.2, -0.15) is 0 Å². The summed E-state index contributed by atoms with van der Waals surface area (Å²) in [6.07, 6.45) is 2.32. The van der Waals surface area contributed by atoms with Gasteiger partial charge in [0.05, 0.1) is 5.69 Å². The summed E-state index contributed by atoms with van der Waals surface area (Å²) in [4.78, 5) is 4.12. The van der Waals surface area contributed by atoms with Gasteiger partial charge in [0.1, 0.15) is 4.90 Å². The second-order valence-electron chi connectivity index (χ2n) is 2.49. The summed E-state index contributed by atoms with van der Waals surface area (Å²) in [6.45, 7) is 0. The molecule has 1 aromatic carbocycles. The van der Waals surface area contributed by atoms with Crippen molar-refractivity contribution in [1.82, 2.24) is 4.72 Å². The molecule has 0 aromatic heterocycles. The molecule has 69 valence electrons. The van der Waals surface area contributed by atoms with E-state index in [1.807, 2.05) is 0 Å². The van der Waals surface area contributed by atoms with Crippen LogP contribution in [0.25, 0.3) is 0 Å². The van der Waals surface area contributed by atoms with E-state index in [2.05, 4.69) is 16.1 Å². The van der Waals surface area contributed by atoms with E-state index in [9.17, 15) is 9.11 Å². The Labute approximate surface area is 81.7 Å². The highest BCUT2D eigenvalue weighted by Gasteiger charge is 2.21. The van der Waals surface area contributed by atoms with E-state index in [0.717, 1.165) is 0 Å². The first kappa shape index (κ1) is 8.83. The Morgan fingerprint density at radius 1 is 1.46 bits per heavy atom. The summed E-state index contributed by atoms with van der Waals surface area (Å²) in [5, 5.41) is 0.442. The Morgan fingerprint density at radius 2 is 2.23 bits per heavy atom. The van der Waals surface area contributed by atoms with Crippen molar-refractivity contribution >= 4 is 34.4 Å². The van der Waals surface area contributed by atoms with Crippen molar-refractivity contribution in [1.29, 1.82) is 0 Å². The smallest absolute Gasteiger partial charge is 0.190 e. The van der Waals surface area contributed by atoms with E-state index in [1.54, 1.807) is 12.1 Å². The van der Waals surface area contributed by atoms with E-state index in [1.165, 1.54) is 6.07 Å². The monoisotopic (exact) mass is 217 g/mol. The minimum Gasteiger partial charge on any atom is -0.278 e. The van der Waals surface area contributed by atoms with E-state index >= 15 is 0 Å². The molecular formula is C7H6ClN2O2S. The molecule has 6 heteroatoms. The molecule has 0 bridgehead atoms. The fraction of sp³-hybridized carbons (Fsp3) is 0. The fourth-order valence-electron chi connectivity index (χ4n) is 1.01. The predicted molar refractivity (Wildman–Crippen MR) is 52.8 cm³/mol. The summed E-state index contributed by atoms with van der Waals surface area (Å²) in [7, 11) is -3.00. The molecular weight excluding hydrogens is 212 g/mol. The molecule has 1 radical (unpaired) electrons. The maximum absolute atomic E-state index is 9.50. The normalized spacial score (nSPS) is 20.2. The molecule has 1 aliphatic rings. The first-order chi connectivity index (χ1) is 6.09. The van der Waals surface area contributed by atoms with Crippen LogP contribution in [-0.4, -0.2) is 15.4 Å². The van der Waals surface area contributed by atoms with Gasteiger partial charge in [-0.3, -0.25) is 13.8 Å². The first-order valence-electron chi connectivity index (χ1n) is 3.40. The molecule has 1 aliphatic heterocycles. The molecule has 4 nitrogen and oxygen atoms in total. The van der Waals surface area contributed by atoms with Crippen molar-refractivity contribution in [2.24, 2.45) is 4.99 Å². The predicted octanol–water partition coefficient (Wildman–Crippen LogP) is 2.50. The Balaban J connectivity index is 2.62. The van der Waals surface area contributed by atoms with Gasteiger partial charge in [-0.05, 0) is 18.2 Å². The third-order valence-corrected chi connectivity index (χ3v) is 3.14. The summed E-state index contributed by atoms with van der Waals surface area (Å²) in [5.74, 6) is 0. The van der Waals surface area contributed by atoms with Crippen molar-refractivity contribution in [3.8, 4) is 0 Å². The minimum atomic E-state index is -3.00. The molecule has 1 aromatic rings. The minimum absolute atomic E-state index is 0.304. The zero-order chi connectivity index (χ0) is 9.47. The Kier molecular flexibility index (Phi) is 1.96. The van der Waals surface area contributed by atoms with Crippen LogP contribution in [0.15, 0.2) is 28.1 Å². The van der Waals surface area contributed by atoms with Gasteiger partial charge in [-0.15, -0.1) is 0 Å². The lowest BCUT2D eigenvalue weighted by molar-refractivity contribution is 0.481. The Hall–Kier alpha value is -0.750. The number of benzene rings is 1. The molecule has 0 aliphatic carbocycles. The number of nitrogens with one attached hydrogen (secondary N) is 1. The van der Waals surface area contributed by atoms with Gasteiger partial charge in [0.2, 0.25) is 0 Å². The Bertz CT molecular complexity index is 381. The maximum Gasteiger partial charge on any atom is 0.190 e. The molecule has 0 unspecified atom stereocenters. The van der Waals surface area contributed by atoms with Crippen LogP contribution in [0.2, 0.25) is 5.02 Å². The van der Waals surface area contributed by atoms with Crippen LogP contribution in [0.1, 0.15) is 0 Å². The standard InChI is InChI=1S/C7H6ClN2O2S/c8-5-1-2-6-7(3-5)13(11,12)10-4-9-6/h1-3,11-12H,(H,9,10). The Morgan fingerprint density at radius 3 is 3.00 bits per heavy atom. The third-order valence-electron chi connectivity index (χ3n) is 1.59. The summed E-state index contributed by atoms with van der Waals surface area (Å²) < 4.78 is 21.3. The lowest BCUT2D eigenvalue weighted by Crippen LogP contribution is -2.21. The van der Waals surface area contributed by atoms with Crippen molar-refractivity contribution in [2.45, 2.75) is 4.90 Å². The number of fused-ring (bicyclic) bond motifs is 1.